The van der Waals surface area contributed by atoms with Crippen LogP contribution in [0.1, 0.15) is 28.8 Å². The summed E-state index contributed by atoms with van der Waals surface area (Å²) in [5.74, 6) is -0.493. The average molecular weight is 374 g/mol. The van der Waals surface area contributed by atoms with Crippen molar-refractivity contribution in [2.24, 2.45) is 0 Å². The molecule has 3 rings (SSSR count). The minimum atomic E-state index is -0.581. The van der Waals surface area contributed by atoms with E-state index in [1.54, 1.807) is 0 Å². The van der Waals surface area contributed by atoms with Crippen LogP contribution in [-0.4, -0.2) is 30.5 Å². The first kappa shape index (κ1) is 18.2. The van der Waals surface area contributed by atoms with Gasteiger partial charge in [0.1, 0.15) is 5.56 Å². The molecule has 26 heavy (non-hydrogen) atoms. The molecule has 2 aromatic carbocycles. The van der Waals surface area contributed by atoms with Gasteiger partial charge in [0.05, 0.1) is 4.92 Å². The Morgan fingerprint density at radius 3 is 2.50 bits per heavy atom. The molecule has 6 nitrogen and oxygen atoms in total. The fourth-order valence-corrected chi connectivity index (χ4v) is 3.29. The number of hydrogen-bond donors (Lipinski definition) is 1. The SMILES string of the molecule is O=C(NCCc1ccc(N2CCCC2)cc1)c1cc(Cl)ccc1[N+](=O)[O-]. The lowest BCUT2D eigenvalue weighted by Gasteiger charge is -2.17. The van der Waals surface area contributed by atoms with Gasteiger partial charge in [0.25, 0.3) is 11.6 Å². The van der Waals surface area contributed by atoms with Crippen molar-refractivity contribution < 1.29 is 9.72 Å². The van der Waals surface area contributed by atoms with Crippen LogP contribution in [0.4, 0.5) is 11.4 Å². The van der Waals surface area contributed by atoms with Crippen molar-refractivity contribution in [1.29, 1.82) is 0 Å². The molecule has 2 aromatic rings. The molecule has 1 aliphatic heterocycles. The van der Waals surface area contributed by atoms with Gasteiger partial charge in [-0.15, -0.1) is 0 Å². The molecule has 0 spiro atoms. The maximum atomic E-state index is 12.3. The summed E-state index contributed by atoms with van der Waals surface area (Å²) in [6, 6.07) is 12.3. The van der Waals surface area contributed by atoms with Crippen LogP contribution in [0.25, 0.3) is 0 Å². The van der Waals surface area contributed by atoms with E-state index in [0.717, 1.165) is 18.7 Å². The summed E-state index contributed by atoms with van der Waals surface area (Å²) < 4.78 is 0. The molecule has 1 saturated heterocycles. The van der Waals surface area contributed by atoms with Gasteiger partial charge in [0.15, 0.2) is 0 Å². The Kier molecular flexibility index (Phi) is 5.73. The predicted molar refractivity (Wildman–Crippen MR) is 102 cm³/mol. The summed E-state index contributed by atoms with van der Waals surface area (Å²) in [5.41, 5.74) is 2.06. The van der Waals surface area contributed by atoms with Gasteiger partial charge >= 0.3 is 0 Å². The Hall–Kier alpha value is -2.60. The molecule has 0 radical (unpaired) electrons. The van der Waals surface area contributed by atoms with E-state index in [9.17, 15) is 14.9 Å². The molecule has 0 aliphatic carbocycles. The fourth-order valence-electron chi connectivity index (χ4n) is 3.11. The molecule has 136 valence electrons. The Labute approximate surface area is 156 Å². The quantitative estimate of drug-likeness (QED) is 0.617. The molecule has 0 aromatic heterocycles. The molecule has 7 heteroatoms. The summed E-state index contributed by atoms with van der Waals surface area (Å²) >= 11 is 5.86. The van der Waals surface area contributed by atoms with Crippen LogP contribution in [0, 0.1) is 10.1 Å². The van der Waals surface area contributed by atoms with Crippen LogP contribution < -0.4 is 10.2 Å². The van der Waals surface area contributed by atoms with Crippen molar-refractivity contribution in [3.63, 3.8) is 0 Å². The number of amides is 1. The maximum absolute atomic E-state index is 12.3. The van der Waals surface area contributed by atoms with Crippen LogP contribution in [-0.2, 0) is 6.42 Å². The topological polar surface area (TPSA) is 75.5 Å². The highest BCUT2D eigenvalue weighted by molar-refractivity contribution is 6.31. The number of carbonyl (C=O) groups excluding carboxylic acids is 1. The van der Waals surface area contributed by atoms with Crippen molar-refractivity contribution in [1.82, 2.24) is 5.32 Å². The highest BCUT2D eigenvalue weighted by Gasteiger charge is 2.20. The summed E-state index contributed by atoms with van der Waals surface area (Å²) in [5, 5.41) is 14.1. The number of rotatable bonds is 6. The third-order valence-corrected chi connectivity index (χ3v) is 4.74. The molecular formula is C19H20ClN3O3. The summed E-state index contributed by atoms with van der Waals surface area (Å²) in [4.78, 5) is 25.1. The first-order valence-corrected chi connectivity index (χ1v) is 8.98. The zero-order valence-corrected chi connectivity index (χ0v) is 15.0. The Morgan fingerprint density at radius 1 is 1.15 bits per heavy atom. The zero-order chi connectivity index (χ0) is 18.5. The second-order valence-corrected chi connectivity index (χ2v) is 6.72. The largest absolute Gasteiger partial charge is 0.372 e. The van der Waals surface area contributed by atoms with Crippen LogP contribution in [0.3, 0.4) is 0 Å². The Morgan fingerprint density at radius 2 is 1.85 bits per heavy atom. The number of nitrogens with one attached hydrogen (secondary N) is 1. The van der Waals surface area contributed by atoms with Crippen molar-refractivity contribution in [2.45, 2.75) is 19.3 Å². The number of benzene rings is 2. The molecule has 0 unspecified atom stereocenters. The Balaban J connectivity index is 1.57. The van der Waals surface area contributed by atoms with E-state index in [2.05, 4.69) is 34.5 Å². The van der Waals surface area contributed by atoms with Crippen molar-refractivity contribution in [3.8, 4) is 0 Å². The van der Waals surface area contributed by atoms with Gasteiger partial charge in [-0.05, 0) is 49.1 Å². The molecule has 0 saturated carbocycles. The van der Waals surface area contributed by atoms with E-state index in [4.69, 9.17) is 11.6 Å². The molecule has 0 bridgehead atoms. The van der Waals surface area contributed by atoms with E-state index in [0.29, 0.717) is 18.0 Å². The van der Waals surface area contributed by atoms with Gasteiger partial charge < -0.3 is 10.2 Å². The molecule has 1 amide bonds. The third-order valence-electron chi connectivity index (χ3n) is 4.51. The zero-order valence-electron chi connectivity index (χ0n) is 14.3. The first-order valence-electron chi connectivity index (χ1n) is 8.60. The van der Waals surface area contributed by atoms with E-state index in [1.165, 1.54) is 36.7 Å². The summed E-state index contributed by atoms with van der Waals surface area (Å²) in [6.07, 6.45) is 3.13. The minimum Gasteiger partial charge on any atom is -0.372 e. The van der Waals surface area contributed by atoms with Crippen molar-refractivity contribution in [2.75, 3.05) is 24.5 Å². The molecule has 1 fully saturated rings. The maximum Gasteiger partial charge on any atom is 0.282 e. The molecule has 0 atom stereocenters. The van der Waals surface area contributed by atoms with Crippen LogP contribution in [0.5, 0.6) is 0 Å². The summed E-state index contributed by atoms with van der Waals surface area (Å²) in [7, 11) is 0. The van der Waals surface area contributed by atoms with Crippen molar-refractivity contribution in [3.05, 3.63) is 68.7 Å². The standard InChI is InChI=1S/C19H20ClN3O3/c20-15-5-8-18(23(25)26)17(13-15)19(24)21-10-9-14-3-6-16(7-4-14)22-11-1-2-12-22/h3-8,13H,1-2,9-12H2,(H,21,24). The van der Waals surface area contributed by atoms with Gasteiger partial charge in [0, 0.05) is 36.4 Å². The molecule has 1 N–H and O–H groups in total. The normalized spacial score (nSPS) is 13.7. The lowest BCUT2D eigenvalue weighted by atomic mass is 10.1. The van der Waals surface area contributed by atoms with Gasteiger partial charge in [-0.2, -0.15) is 0 Å². The van der Waals surface area contributed by atoms with Gasteiger partial charge in [-0.1, -0.05) is 23.7 Å². The lowest BCUT2D eigenvalue weighted by Crippen LogP contribution is -2.26. The molecule has 1 heterocycles. The van der Waals surface area contributed by atoms with Crippen LogP contribution in [0.15, 0.2) is 42.5 Å². The number of nitro benzene ring substituents is 1. The number of carbonyl (C=O) groups is 1. The Bertz CT molecular complexity index is 802. The smallest absolute Gasteiger partial charge is 0.282 e. The highest BCUT2D eigenvalue weighted by atomic mass is 35.5. The van der Waals surface area contributed by atoms with E-state index < -0.39 is 10.8 Å². The second kappa shape index (κ2) is 8.19. The molecular weight excluding hydrogens is 354 g/mol. The minimum absolute atomic E-state index is 0.0214. The fraction of sp³-hybridized carbons (Fsp3) is 0.316. The number of halogens is 1. The van der Waals surface area contributed by atoms with Gasteiger partial charge in [-0.3, -0.25) is 14.9 Å². The monoisotopic (exact) mass is 373 g/mol. The lowest BCUT2D eigenvalue weighted by molar-refractivity contribution is -0.385. The highest BCUT2D eigenvalue weighted by Crippen LogP contribution is 2.23. The third kappa shape index (κ3) is 4.32. The second-order valence-electron chi connectivity index (χ2n) is 6.29. The number of hydrogen-bond acceptors (Lipinski definition) is 4. The summed E-state index contributed by atoms with van der Waals surface area (Å²) in [6.45, 7) is 2.60. The first-order chi connectivity index (χ1) is 12.5. The number of nitrogens with zero attached hydrogens (tertiary/aromatic N) is 2. The van der Waals surface area contributed by atoms with E-state index in [1.807, 2.05) is 0 Å². The van der Waals surface area contributed by atoms with Gasteiger partial charge in [0.2, 0.25) is 0 Å². The van der Waals surface area contributed by atoms with Crippen LogP contribution in [0.2, 0.25) is 5.02 Å². The number of nitro groups is 1. The number of anilines is 1. The van der Waals surface area contributed by atoms with Crippen LogP contribution >= 0.6 is 11.6 Å². The van der Waals surface area contributed by atoms with E-state index >= 15 is 0 Å². The predicted octanol–water partition coefficient (Wildman–Crippen LogP) is 3.82. The molecule has 1 aliphatic rings. The van der Waals surface area contributed by atoms with Crippen molar-refractivity contribution >= 4 is 28.9 Å². The van der Waals surface area contributed by atoms with Gasteiger partial charge in [-0.25, -0.2) is 0 Å². The van der Waals surface area contributed by atoms with E-state index in [-0.39, 0.29) is 11.3 Å². The average Bonchev–Trinajstić information content (AvgIpc) is 3.16.